The van der Waals surface area contributed by atoms with E-state index in [2.05, 4.69) is 4.74 Å². The van der Waals surface area contributed by atoms with Crippen LogP contribution >= 0.6 is 0 Å². The van der Waals surface area contributed by atoms with Crippen molar-refractivity contribution >= 4 is 0 Å². The highest BCUT2D eigenvalue weighted by atomic mass is 19.4. The molecule has 10 heteroatoms. The van der Waals surface area contributed by atoms with Gasteiger partial charge >= 0.3 is 23.9 Å². The number of alkyl halides is 9. The monoisotopic (exact) mass is 290 g/mol. The quantitative estimate of drug-likeness (QED) is 0.706. The van der Waals surface area contributed by atoms with E-state index in [0.717, 1.165) is 0 Å². The SMILES string of the molecule is FC(F)(F)C(F)(F)C(F)(C1CCCO1)C(F)(F)F. The lowest BCUT2D eigenvalue weighted by Crippen LogP contribution is -2.67. The molecule has 108 valence electrons. The summed E-state index contributed by atoms with van der Waals surface area (Å²) in [5, 5.41) is 0. The van der Waals surface area contributed by atoms with Gasteiger partial charge in [-0.2, -0.15) is 35.1 Å². The van der Waals surface area contributed by atoms with Gasteiger partial charge in [-0.05, 0) is 12.8 Å². The predicted octanol–water partition coefficient (Wildman–Crippen LogP) is 3.63. The van der Waals surface area contributed by atoms with Crippen molar-refractivity contribution in [2.45, 2.75) is 42.9 Å². The van der Waals surface area contributed by atoms with E-state index >= 15 is 0 Å². The van der Waals surface area contributed by atoms with Crippen LogP contribution in [0.15, 0.2) is 0 Å². The minimum atomic E-state index is -6.66. The van der Waals surface area contributed by atoms with Gasteiger partial charge in [0, 0.05) is 6.61 Å². The maximum atomic E-state index is 13.6. The van der Waals surface area contributed by atoms with E-state index in [0.29, 0.717) is 0 Å². The first-order chi connectivity index (χ1) is 7.86. The van der Waals surface area contributed by atoms with E-state index < -0.39 is 43.1 Å². The van der Waals surface area contributed by atoms with Gasteiger partial charge in [0.1, 0.15) is 6.10 Å². The lowest BCUT2D eigenvalue weighted by atomic mass is 9.88. The highest BCUT2D eigenvalue weighted by molar-refractivity contribution is 5.09. The first-order valence-electron chi connectivity index (χ1n) is 4.67. The zero-order chi connectivity index (χ0) is 14.4. The molecular formula is C8H7F9O. The highest BCUT2D eigenvalue weighted by Gasteiger charge is 2.84. The van der Waals surface area contributed by atoms with Crippen LogP contribution in [0.1, 0.15) is 12.8 Å². The molecule has 1 rings (SSSR count). The lowest BCUT2D eigenvalue weighted by molar-refractivity contribution is -0.399. The van der Waals surface area contributed by atoms with Crippen molar-refractivity contribution in [3.8, 4) is 0 Å². The molecule has 1 nitrogen and oxygen atoms in total. The molecule has 2 unspecified atom stereocenters. The van der Waals surface area contributed by atoms with Crippen molar-refractivity contribution in [1.82, 2.24) is 0 Å². The van der Waals surface area contributed by atoms with Crippen LogP contribution in [0.3, 0.4) is 0 Å². The minimum absolute atomic E-state index is 0.222. The lowest BCUT2D eigenvalue weighted by Gasteiger charge is -2.38. The molecule has 0 N–H and O–H groups in total. The number of hydrogen-bond donors (Lipinski definition) is 0. The van der Waals surface area contributed by atoms with Gasteiger partial charge in [0.05, 0.1) is 0 Å². The Labute approximate surface area is 94.9 Å². The standard InChI is InChI=1S/C8H7F9O/c9-5(7(12,13)14,4-2-1-3-18-4)6(10,11)8(15,16)17/h4H,1-3H2. The number of rotatable bonds is 2. The molecule has 0 amide bonds. The van der Waals surface area contributed by atoms with E-state index in [4.69, 9.17) is 0 Å². The zero-order valence-corrected chi connectivity index (χ0v) is 8.51. The number of ether oxygens (including phenoxy) is 1. The molecule has 1 saturated heterocycles. The average Bonchev–Trinajstić information content (AvgIpc) is 2.65. The molecule has 1 heterocycles. The first-order valence-corrected chi connectivity index (χ1v) is 4.67. The molecule has 18 heavy (non-hydrogen) atoms. The molecular weight excluding hydrogens is 283 g/mol. The van der Waals surface area contributed by atoms with Gasteiger partial charge in [0.2, 0.25) is 0 Å². The van der Waals surface area contributed by atoms with Crippen molar-refractivity contribution in [1.29, 1.82) is 0 Å². The molecule has 1 aliphatic heterocycles. The third-order valence-electron chi connectivity index (χ3n) is 2.60. The smallest absolute Gasteiger partial charge is 0.374 e. The van der Waals surface area contributed by atoms with Crippen LogP contribution in [0.5, 0.6) is 0 Å². The van der Waals surface area contributed by atoms with E-state index in [1.165, 1.54) is 0 Å². The van der Waals surface area contributed by atoms with Crippen molar-refractivity contribution in [3.05, 3.63) is 0 Å². The van der Waals surface area contributed by atoms with Crippen LogP contribution < -0.4 is 0 Å². The summed E-state index contributed by atoms with van der Waals surface area (Å²) in [5.74, 6) is -6.58. The molecule has 1 aliphatic rings. The Morgan fingerprint density at radius 3 is 1.56 bits per heavy atom. The molecule has 0 spiro atoms. The largest absolute Gasteiger partial charge is 0.457 e. The maximum absolute atomic E-state index is 13.6. The summed E-state index contributed by atoms with van der Waals surface area (Å²) in [5.41, 5.74) is -5.78. The highest BCUT2D eigenvalue weighted by Crippen LogP contribution is 2.56. The fourth-order valence-electron chi connectivity index (χ4n) is 1.66. The second-order valence-electron chi connectivity index (χ2n) is 3.78. The van der Waals surface area contributed by atoms with E-state index in [1.807, 2.05) is 0 Å². The maximum Gasteiger partial charge on any atom is 0.457 e. The Bertz CT molecular complexity index is 301. The summed E-state index contributed by atoms with van der Waals surface area (Å²) < 4.78 is 116. The molecule has 0 aromatic heterocycles. The Morgan fingerprint density at radius 1 is 0.778 bits per heavy atom. The molecule has 0 saturated carbocycles. The molecule has 2 atom stereocenters. The average molecular weight is 290 g/mol. The summed E-state index contributed by atoms with van der Waals surface area (Å²) >= 11 is 0. The van der Waals surface area contributed by atoms with Crippen molar-refractivity contribution < 1.29 is 44.3 Å². The van der Waals surface area contributed by atoms with Gasteiger partial charge in [-0.1, -0.05) is 0 Å². The molecule has 0 bridgehead atoms. The zero-order valence-electron chi connectivity index (χ0n) is 8.51. The van der Waals surface area contributed by atoms with E-state index in [9.17, 15) is 39.5 Å². The van der Waals surface area contributed by atoms with Crippen LogP contribution in [-0.4, -0.2) is 36.7 Å². The molecule has 0 radical (unpaired) electrons. The Hall–Kier alpha value is -0.670. The van der Waals surface area contributed by atoms with Gasteiger partial charge in [-0.25, -0.2) is 4.39 Å². The second-order valence-corrected chi connectivity index (χ2v) is 3.78. The van der Waals surface area contributed by atoms with Crippen LogP contribution in [-0.2, 0) is 4.74 Å². The van der Waals surface area contributed by atoms with Gasteiger partial charge in [-0.3, -0.25) is 0 Å². The summed E-state index contributed by atoms with van der Waals surface area (Å²) in [6, 6.07) is 0. The molecule has 0 aliphatic carbocycles. The van der Waals surface area contributed by atoms with Crippen molar-refractivity contribution in [3.63, 3.8) is 0 Å². The number of hydrogen-bond acceptors (Lipinski definition) is 1. The molecule has 0 aromatic rings. The van der Waals surface area contributed by atoms with Gasteiger partial charge < -0.3 is 4.74 Å². The third kappa shape index (κ3) is 2.04. The van der Waals surface area contributed by atoms with Crippen LogP contribution in [0.4, 0.5) is 39.5 Å². The number of halogens is 9. The molecule has 0 aromatic carbocycles. The fourth-order valence-corrected chi connectivity index (χ4v) is 1.66. The van der Waals surface area contributed by atoms with Gasteiger partial charge in [-0.15, -0.1) is 0 Å². The third-order valence-corrected chi connectivity index (χ3v) is 2.60. The van der Waals surface area contributed by atoms with Crippen LogP contribution in [0.2, 0.25) is 0 Å². The van der Waals surface area contributed by atoms with Crippen LogP contribution in [0, 0.1) is 0 Å². The summed E-state index contributed by atoms with van der Waals surface area (Å²) in [7, 11) is 0. The van der Waals surface area contributed by atoms with E-state index in [1.54, 1.807) is 0 Å². The Kier molecular flexibility index (Phi) is 3.57. The minimum Gasteiger partial charge on any atom is -0.374 e. The van der Waals surface area contributed by atoms with E-state index in [-0.39, 0.29) is 6.42 Å². The topological polar surface area (TPSA) is 9.23 Å². The summed E-state index contributed by atoms with van der Waals surface area (Å²) in [6.45, 7) is -0.500. The predicted molar refractivity (Wildman–Crippen MR) is 39.9 cm³/mol. The summed E-state index contributed by atoms with van der Waals surface area (Å²) in [4.78, 5) is 0. The van der Waals surface area contributed by atoms with Gasteiger partial charge in [0.15, 0.2) is 0 Å². The van der Waals surface area contributed by atoms with Crippen molar-refractivity contribution in [2.24, 2.45) is 0 Å². The van der Waals surface area contributed by atoms with Gasteiger partial charge in [0.25, 0.3) is 0 Å². The first kappa shape index (κ1) is 15.4. The normalized spacial score (nSPS) is 26.2. The summed E-state index contributed by atoms with van der Waals surface area (Å²) in [6.07, 6.45) is -17.0. The van der Waals surface area contributed by atoms with Crippen molar-refractivity contribution in [2.75, 3.05) is 6.61 Å². The Balaban J connectivity index is 3.29. The Morgan fingerprint density at radius 2 is 1.28 bits per heavy atom. The second kappa shape index (κ2) is 4.17. The molecule has 1 fully saturated rings. The fraction of sp³-hybridized carbons (Fsp3) is 1.00. The van der Waals surface area contributed by atoms with Crippen LogP contribution in [0.25, 0.3) is 0 Å².